The molecule has 15 heavy (non-hydrogen) atoms. The van der Waals surface area contributed by atoms with E-state index in [1.165, 1.54) is 12.1 Å². The van der Waals surface area contributed by atoms with Gasteiger partial charge < -0.3 is 5.11 Å². The van der Waals surface area contributed by atoms with Gasteiger partial charge in [0, 0.05) is 5.56 Å². The molecule has 2 aromatic rings. The molecule has 0 bridgehead atoms. The summed E-state index contributed by atoms with van der Waals surface area (Å²) in [5, 5.41) is 20.1. The van der Waals surface area contributed by atoms with Gasteiger partial charge in [0.2, 0.25) is 5.69 Å². The molecular weight excluding hydrogens is 198 g/mol. The molecule has 2 N–H and O–H groups in total. The molecule has 0 aliphatic carbocycles. The molecule has 1 heterocycles. The number of phenolic OH excluding ortho intramolecular Hbond substituents is 1. The fraction of sp³-hybridized carbons (Fsp3) is 0. The van der Waals surface area contributed by atoms with Crippen molar-refractivity contribution in [2.24, 2.45) is 0 Å². The minimum absolute atomic E-state index is 0.0994. The molecule has 6 nitrogen and oxygen atoms in total. The van der Waals surface area contributed by atoms with Crippen molar-refractivity contribution in [3.05, 3.63) is 34.9 Å². The molecule has 74 valence electrons. The van der Waals surface area contributed by atoms with E-state index in [0.717, 1.165) is 0 Å². The van der Waals surface area contributed by atoms with E-state index < -0.39 is 0 Å². The second kappa shape index (κ2) is 3.31. The molecule has 0 aliphatic rings. The summed E-state index contributed by atoms with van der Waals surface area (Å²) in [6.07, 6.45) is 0. The Kier molecular flexibility index (Phi) is 1.99. The standard InChI is InChI=1S/C9H5N3O3/c10-5-8-9(11-15-12(8)14)6-1-3-7(13)4-2-6/h1-4H,(H-,11,13,14)/p+1. The summed E-state index contributed by atoms with van der Waals surface area (Å²) in [6, 6.07) is 7.76. The van der Waals surface area contributed by atoms with Gasteiger partial charge in [-0.2, -0.15) is 5.26 Å². The average Bonchev–Trinajstić information content (AvgIpc) is 2.61. The Morgan fingerprint density at radius 1 is 1.40 bits per heavy atom. The van der Waals surface area contributed by atoms with Gasteiger partial charge in [-0.15, -0.1) is 0 Å². The average molecular weight is 204 g/mol. The summed E-state index contributed by atoms with van der Waals surface area (Å²) in [5.74, 6) is 0.107. The first-order valence-electron chi connectivity index (χ1n) is 4.06. The van der Waals surface area contributed by atoms with E-state index in [1.807, 2.05) is 0 Å². The third-order valence-corrected chi connectivity index (χ3v) is 1.91. The number of phenols is 1. The Labute approximate surface area is 83.5 Å². The van der Waals surface area contributed by atoms with Crippen molar-refractivity contribution in [3.8, 4) is 23.1 Å². The SMILES string of the molecule is N#Cc1c(-c2ccc(O)cc2)[nH]o[n+]1=O. The van der Waals surface area contributed by atoms with Crippen molar-refractivity contribution in [2.45, 2.75) is 0 Å². The molecule has 2 rings (SSSR count). The highest BCUT2D eigenvalue weighted by Crippen LogP contribution is 2.20. The number of H-pyrrole nitrogens is 1. The molecule has 1 aromatic carbocycles. The highest BCUT2D eigenvalue weighted by Gasteiger charge is 2.21. The third-order valence-electron chi connectivity index (χ3n) is 1.91. The Morgan fingerprint density at radius 3 is 2.67 bits per heavy atom. The maximum absolute atomic E-state index is 11.0. The molecule has 0 saturated heterocycles. The second-order valence-corrected chi connectivity index (χ2v) is 2.83. The number of aromatic nitrogens is 2. The van der Waals surface area contributed by atoms with E-state index in [2.05, 4.69) is 9.79 Å². The van der Waals surface area contributed by atoms with E-state index in [4.69, 9.17) is 10.4 Å². The molecule has 0 unspecified atom stereocenters. The smallest absolute Gasteiger partial charge is 0.348 e. The van der Waals surface area contributed by atoms with Gasteiger partial charge in [0.25, 0.3) is 0 Å². The number of hydrogen-bond acceptors (Lipinski definition) is 4. The summed E-state index contributed by atoms with van der Waals surface area (Å²) < 4.78 is 4.52. The second-order valence-electron chi connectivity index (χ2n) is 2.83. The zero-order chi connectivity index (χ0) is 10.8. The largest absolute Gasteiger partial charge is 0.508 e. The predicted molar refractivity (Wildman–Crippen MR) is 48.2 cm³/mol. The Bertz CT molecular complexity index is 574. The Hall–Kier alpha value is -2.55. The van der Waals surface area contributed by atoms with Crippen LogP contribution in [0.3, 0.4) is 0 Å². The maximum Gasteiger partial charge on any atom is 0.348 e. The van der Waals surface area contributed by atoms with Crippen LogP contribution in [0.2, 0.25) is 0 Å². The minimum Gasteiger partial charge on any atom is -0.508 e. The fourth-order valence-electron chi connectivity index (χ4n) is 1.19. The predicted octanol–water partition coefficient (Wildman–Crippen LogP) is 0.766. The lowest BCUT2D eigenvalue weighted by molar-refractivity contribution is -0.715. The van der Waals surface area contributed by atoms with Crippen LogP contribution in [0.4, 0.5) is 0 Å². The zero-order valence-corrected chi connectivity index (χ0v) is 7.47. The summed E-state index contributed by atoms with van der Waals surface area (Å²) in [7, 11) is 0. The molecule has 0 aliphatic heterocycles. The summed E-state index contributed by atoms with van der Waals surface area (Å²) in [5.41, 5.74) is 0.718. The highest BCUT2D eigenvalue weighted by molar-refractivity contribution is 5.63. The number of hydrogen-bond donors (Lipinski definition) is 2. The Morgan fingerprint density at radius 2 is 2.07 bits per heavy atom. The fourth-order valence-corrected chi connectivity index (χ4v) is 1.19. The Balaban J connectivity index is 2.60. The van der Waals surface area contributed by atoms with Gasteiger partial charge in [-0.1, -0.05) is 9.79 Å². The van der Waals surface area contributed by atoms with Crippen molar-refractivity contribution >= 4 is 0 Å². The molecule has 0 amide bonds. The lowest BCUT2D eigenvalue weighted by Gasteiger charge is -1.92. The van der Waals surface area contributed by atoms with Crippen molar-refractivity contribution in [2.75, 3.05) is 0 Å². The summed E-state index contributed by atoms with van der Waals surface area (Å²) in [6.45, 7) is 0. The summed E-state index contributed by atoms with van der Waals surface area (Å²) >= 11 is 0. The lowest BCUT2D eigenvalue weighted by atomic mass is 10.1. The molecule has 0 radical (unpaired) electrons. The first-order valence-corrected chi connectivity index (χ1v) is 4.06. The van der Waals surface area contributed by atoms with Gasteiger partial charge in [0.15, 0.2) is 10.7 Å². The van der Waals surface area contributed by atoms with Crippen molar-refractivity contribution in [1.29, 1.82) is 5.26 Å². The third kappa shape index (κ3) is 1.46. The van der Waals surface area contributed by atoms with Gasteiger partial charge in [-0.3, -0.25) is 0 Å². The topological polar surface area (TPSA) is 95.9 Å². The van der Waals surface area contributed by atoms with Crippen LogP contribution in [0.5, 0.6) is 5.75 Å². The molecular formula is C9H6N3O3+. The van der Waals surface area contributed by atoms with Crippen LogP contribution in [0, 0.1) is 16.2 Å². The number of aromatic amines is 1. The van der Waals surface area contributed by atoms with Crippen LogP contribution >= 0.6 is 0 Å². The highest BCUT2D eigenvalue weighted by atomic mass is 16.7. The van der Waals surface area contributed by atoms with E-state index in [1.54, 1.807) is 18.2 Å². The van der Waals surface area contributed by atoms with Crippen LogP contribution in [-0.4, -0.2) is 10.3 Å². The first-order chi connectivity index (χ1) is 7.22. The maximum atomic E-state index is 11.0. The molecule has 0 saturated carbocycles. The zero-order valence-electron chi connectivity index (χ0n) is 7.47. The van der Waals surface area contributed by atoms with E-state index in [9.17, 15) is 4.91 Å². The monoisotopic (exact) mass is 204 g/mol. The number of rotatable bonds is 1. The van der Waals surface area contributed by atoms with Crippen molar-refractivity contribution in [3.63, 3.8) is 0 Å². The molecule has 1 aromatic heterocycles. The molecule has 0 atom stereocenters. The van der Waals surface area contributed by atoms with E-state index in [-0.39, 0.29) is 21.7 Å². The first kappa shape index (κ1) is 9.02. The van der Waals surface area contributed by atoms with Gasteiger partial charge in [-0.25, -0.2) is 0 Å². The van der Waals surface area contributed by atoms with E-state index in [0.29, 0.717) is 5.56 Å². The number of nitrogens with one attached hydrogen (secondary N) is 1. The number of nitrogens with zero attached hydrogens (tertiary/aromatic N) is 2. The number of aromatic hydroxyl groups is 1. The quantitative estimate of drug-likeness (QED) is 0.716. The number of benzene rings is 1. The van der Waals surface area contributed by atoms with Crippen molar-refractivity contribution in [1.82, 2.24) is 5.16 Å². The van der Waals surface area contributed by atoms with E-state index >= 15 is 0 Å². The van der Waals surface area contributed by atoms with Crippen molar-refractivity contribution < 1.29 is 14.3 Å². The van der Waals surface area contributed by atoms with Crippen LogP contribution in [0.25, 0.3) is 11.3 Å². The van der Waals surface area contributed by atoms with Crippen LogP contribution in [-0.2, 0) is 0 Å². The van der Waals surface area contributed by atoms with Crippen LogP contribution in [0.15, 0.2) is 28.9 Å². The molecule has 0 fully saturated rings. The van der Waals surface area contributed by atoms with Crippen LogP contribution in [0.1, 0.15) is 5.69 Å². The van der Waals surface area contributed by atoms with Gasteiger partial charge >= 0.3 is 5.69 Å². The normalized spacial score (nSPS) is 9.80. The molecule has 6 heteroatoms. The van der Waals surface area contributed by atoms with Gasteiger partial charge in [0.1, 0.15) is 5.75 Å². The van der Waals surface area contributed by atoms with Gasteiger partial charge in [-0.05, 0) is 29.2 Å². The van der Waals surface area contributed by atoms with Gasteiger partial charge in [0.05, 0.1) is 0 Å². The molecule has 0 spiro atoms. The lowest BCUT2D eigenvalue weighted by Crippen LogP contribution is -2.13. The number of nitriles is 1. The minimum atomic E-state index is -0.152. The summed E-state index contributed by atoms with van der Waals surface area (Å²) in [4.78, 5) is 11.0. The van der Waals surface area contributed by atoms with Crippen LogP contribution < -0.4 is 4.60 Å².